The molecular weight excluding hydrogens is 629 g/mol. The van der Waals surface area contributed by atoms with E-state index >= 15 is 0 Å². The molecule has 0 saturated carbocycles. The van der Waals surface area contributed by atoms with Crippen molar-refractivity contribution in [1.82, 2.24) is 15.2 Å². The monoisotopic (exact) mass is 673 g/mol. The third-order valence-electron chi connectivity index (χ3n) is 8.07. The van der Waals surface area contributed by atoms with E-state index in [1.54, 1.807) is 86.4 Å². The number of halogens is 2. The minimum absolute atomic E-state index is 0. The molecule has 0 bridgehead atoms. The van der Waals surface area contributed by atoms with E-state index in [0.717, 1.165) is 18.4 Å². The minimum Gasteiger partial charge on any atom is -0.497 e. The first-order valence-corrected chi connectivity index (χ1v) is 15.0. The van der Waals surface area contributed by atoms with Crippen molar-refractivity contribution in [2.45, 2.75) is 39.7 Å². The number of amides is 3. The lowest BCUT2D eigenvalue weighted by Crippen LogP contribution is -2.47. The molecule has 0 aliphatic carbocycles. The van der Waals surface area contributed by atoms with Gasteiger partial charge in [0.25, 0.3) is 5.91 Å². The maximum Gasteiger partial charge on any atom is 0.253 e. The lowest BCUT2D eigenvalue weighted by molar-refractivity contribution is -0.137. The lowest BCUT2D eigenvalue weighted by Gasteiger charge is -2.27. The fourth-order valence-corrected chi connectivity index (χ4v) is 5.39. The van der Waals surface area contributed by atoms with Crippen LogP contribution in [0.15, 0.2) is 67.0 Å². The molecule has 0 spiro atoms. The van der Waals surface area contributed by atoms with Crippen LogP contribution in [0, 0.1) is 5.41 Å². The Kier molecular flexibility index (Phi) is 14.3. The summed E-state index contributed by atoms with van der Waals surface area (Å²) >= 11 is 0. The van der Waals surface area contributed by atoms with Gasteiger partial charge in [0.1, 0.15) is 16.9 Å². The molecule has 3 amide bonds. The van der Waals surface area contributed by atoms with Crippen LogP contribution in [0.3, 0.4) is 0 Å². The van der Waals surface area contributed by atoms with Crippen molar-refractivity contribution in [3.8, 4) is 11.5 Å². The van der Waals surface area contributed by atoms with Gasteiger partial charge in [-0.15, -0.1) is 24.8 Å². The molecule has 0 saturated heterocycles. The van der Waals surface area contributed by atoms with Gasteiger partial charge in [0.05, 0.1) is 25.1 Å². The number of pyridine rings is 1. The average molecular weight is 675 g/mol. The highest BCUT2D eigenvalue weighted by Crippen LogP contribution is 2.40. The van der Waals surface area contributed by atoms with Gasteiger partial charge in [-0.05, 0) is 87.7 Å². The molecule has 12 heteroatoms. The molecule has 4 rings (SSSR count). The molecule has 1 aliphatic rings. The number of nitrogens with one attached hydrogen (secondary N) is 1. The van der Waals surface area contributed by atoms with Crippen molar-refractivity contribution in [1.29, 1.82) is 0 Å². The van der Waals surface area contributed by atoms with E-state index in [1.165, 1.54) is 0 Å². The zero-order valence-electron chi connectivity index (χ0n) is 27.3. The first kappa shape index (κ1) is 38.3. The van der Waals surface area contributed by atoms with Crippen LogP contribution >= 0.6 is 24.8 Å². The van der Waals surface area contributed by atoms with E-state index in [-0.39, 0.29) is 48.6 Å². The molecule has 2 heterocycles. The Morgan fingerprint density at radius 2 is 1.63 bits per heavy atom. The summed E-state index contributed by atoms with van der Waals surface area (Å²) in [4.78, 5) is 48.2. The van der Waals surface area contributed by atoms with Crippen LogP contribution in [-0.2, 0) is 9.59 Å². The van der Waals surface area contributed by atoms with Gasteiger partial charge in [-0.3, -0.25) is 19.4 Å². The number of aromatic nitrogens is 1. The second-order valence-corrected chi connectivity index (χ2v) is 11.4. The number of ether oxygens (including phenoxy) is 2. The van der Waals surface area contributed by atoms with Gasteiger partial charge < -0.3 is 29.5 Å². The number of carbonyl (C=O) groups excluding carboxylic acids is 3. The van der Waals surface area contributed by atoms with Crippen LogP contribution in [-0.4, -0.2) is 75.1 Å². The summed E-state index contributed by atoms with van der Waals surface area (Å²) in [6, 6.07) is 16.7. The van der Waals surface area contributed by atoms with Crippen LogP contribution in [0.25, 0.3) is 0 Å². The Morgan fingerprint density at radius 1 is 0.978 bits per heavy atom. The largest absolute Gasteiger partial charge is 0.497 e. The fraction of sp³-hybridized carbons (Fsp3) is 0.412. The van der Waals surface area contributed by atoms with E-state index in [4.69, 9.17) is 9.47 Å². The molecule has 0 radical (unpaired) electrons. The summed E-state index contributed by atoms with van der Waals surface area (Å²) in [6.07, 6.45) is 5.12. The molecule has 3 aromatic rings. The van der Waals surface area contributed by atoms with Gasteiger partial charge in [0.15, 0.2) is 0 Å². The van der Waals surface area contributed by atoms with Crippen LogP contribution in [0.5, 0.6) is 11.5 Å². The van der Waals surface area contributed by atoms with Gasteiger partial charge in [0.2, 0.25) is 11.8 Å². The number of rotatable bonds is 13. The highest BCUT2D eigenvalue weighted by atomic mass is 35.5. The Bertz CT molecular complexity index is 1460. The Balaban J connectivity index is 0.00000368. The zero-order chi connectivity index (χ0) is 31.9. The minimum atomic E-state index is -1.16. The standard InChI is InChI=1S/C34H43N5O5.2ClH/c1-7-39-29-15-14-27(23-30(29)38(5)32(41)34(2,3)33(39)42)44-22-8-9-28(24-16-18-35-19-17-24)36-20-21-37(4)31(40)25-10-12-26(43-6)13-11-25;;/h10-19,23,28,36H,7-9,20-22H2,1-6H3;2*1H. The van der Waals surface area contributed by atoms with Crippen molar-refractivity contribution in [2.24, 2.45) is 5.41 Å². The normalized spacial score (nSPS) is 14.3. The smallest absolute Gasteiger partial charge is 0.253 e. The Hall–Kier alpha value is -3.86. The number of anilines is 2. The zero-order valence-corrected chi connectivity index (χ0v) is 29.0. The molecule has 1 N–H and O–H groups in total. The molecule has 0 fully saturated rings. The number of nitrogens with zero attached hydrogens (tertiary/aromatic N) is 4. The second kappa shape index (κ2) is 17.2. The molecule has 46 heavy (non-hydrogen) atoms. The Labute approximate surface area is 284 Å². The average Bonchev–Trinajstić information content (AvgIpc) is 3.10. The highest BCUT2D eigenvalue weighted by molar-refractivity contribution is 6.20. The Morgan fingerprint density at radius 3 is 2.26 bits per heavy atom. The molecule has 2 aromatic carbocycles. The second-order valence-electron chi connectivity index (χ2n) is 11.4. The summed E-state index contributed by atoms with van der Waals surface area (Å²) in [6.45, 7) is 7.33. The van der Waals surface area contributed by atoms with E-state index in [9.17, 15) is 14.4 Å². The third-order valence-corrected chi connectivity index (χ3v) is 8.07. The number of likely N-dealkylation sites (N-methyl/N-ethyl adjacent to an activating group) is 1. The summed E-state index contributed by atoms with van der Waals surface area (Å²) in [5, 5.41) is 3.59. The fourth-order valence-electron chi connectivity index (χ4n) is 5.39. The molecule has 1 aliphatic heterocycles. The summed E-state index contributed by atoms with van der Waals surface area (Å²) < 4.78 is 11.3. The molecule has 1 unspecified atom stereocenters. The van der Waals surface area contributed by atoms with Gasteiger partial charge in [0, 0.05) is 63.8 Å². The van der Waals surface area contributed by atoms with E-state index in [0.29, 0.717) is 54.7 Å². The van der Waals surface area contributed by atoms with Crippen molar-refractivity contribution in [3.05, 3.63) is 78.1 Å². The van der Waals surface area contributed by atoms with Crippen molar-refractivity contribution in [3.63, 3.8) is 0 Å². The number of methoxy groups -OCH3 is 1. The molecule has 10 nitrogen and oxygen atoms in total. The first-order valence-electron chi connectivity index (χ1n) is 15.0. The molecule has 1 aromatic heterocycles. The first-order chi connectivity index (χ1) is 21.1. The van der Waals surface area contributed by atoms with Crippen LogP contribution < -0.4 is 24.6 Å². The van der Waals surface area contributed by atoms with E-state index in [2.05, 4.69) is 10.3 Å². The quantitative estimate of drug-likeness (QED) is 0.187. The predicted octanol–water partition coefficient (Wildman–Crippen LogP) is 5.55. The number of carbonyl (C=O) groups is 3. The third kappa shape index (κ3) is 8.69. The van der Waals surface area contributed by atoms with Crippen LogP contribution in [0.1, 0.15) is 55.6 Å². The maximum atomic E-state index is 13.1. The van der Waals surface area contributed by atoms with Gasteiger partial charge >= 0.3 is 0 Å². The maximum absolute atomic E-state index is 13.1. The van der Waals surface area contributed by atoms with Gasteiger partial charge in [-0.1, -0.05) is 0 Å². The van der Waals surface area contributed by atoms with Gasteiger partial charge in [-0.2, -0.15) is 0 Å². The van der Waals surface area contributed by atoms with Crippen molar-refractivity contribution < 1.29 is 23.9 Å². The van der Waals surface area contributed by atoms with Crippen LogP contribution in [0.4, 0.5) is 11.4 Å². The lowest BCUT2D eigenvalue weighted by atomic mass is 9.90. The molecule has 250 valence electrons. The number of fused-ring (bicyclic) bond motifs is 1. The van der Waals surface area contributed by atoms with Gasteiger partial charge in [-0.25, -0.2) is 0 Å². The number of hydrogen-bond donors (Lipinski definition) is 1. The molecular formula is C34H45Cl2N5O5. The predicted molar refractivity (Wildman–Crippen MR) is 186 cm³/mol. The summed E-state index contributed by atoms with van der Waals surface area (Å²) in [5.74, 6) is 0.836. The SMILES string of the molecule is CCN1C(=O)C(C)(C)C(=O)N(C)c2cc(OCCCC(NCCN(C)C(=O)c3ccc(OC)cc3)c3ccncc3)ccc21.Cl.Cl. The van der Waals surface area contributed by atoms with E-state index < -0.39 is 5.41 Å². The number of hydrogen-bond acceptors (Lipinski definition) is 7. The summed E-state index contributed by atoms with van der Waals surface area (Å²) in [7, 11) is 5.10. The van der Waals surface area contributed by atoms with Crippen molar-refractivity contribution in [2.75, 3.05) is 57.2 Å². The highest BCUT2D eigenvalue weighted by Gasteiger charge is 2.45. The topological polar surface area (TPSA) is 104 Å². The molecule has 1 atom stereocenters. The summed E-state index contributed by atoms with van der Waals surface area (Å²) in [5.41, 5.74) is 1.92. The number of benzene rings is 2. The van der Waals surface area contributed by atoms with Crippen LogP contribution in [0.2, 0.25) is 0 Å². The van der Waals surface area contributed by atoms with Crippen molar-refractivity contribution >= 4 is 53.9 Å². The van der Waals surface area contributed by atoms with E-state index in [1.807, 2.05) is 37.3 Å².